The predicted octanol–water partition coefficient (Wildman–Crippen LogP) is 10.9. The summed E-state index contributed by atoms with van der Waals surface area (Å²) in [5.74, 6) is 0. The zero-order chi connectivity index (χ0) is 34.4. The average molecular weight is 655 g/mol. The van der Waals surface area contributed by atoms with Gasteiger partial charge < -0.3 is 4.90 Å². The van der Waals surface area contributed by atoms with E-state index in [9.17, 15) is 5.26 Å². The molecule has 0 saturated heterocycles. The van der Waals surface area contributed by atoms with Crippen LogP contribution in [0.25, 0.3) is 55.6 Å². The predicted molar refractivity (Wildman–Crippen MR) is 204 cm³/mol. The number of anilines is 3. The molecule has 0 fully saturated rings. The van der Waals surface area contributed by atoms with Gasteiger partial charge in [0.25, 0.3) is 0 Å². The molecular formula is C45H30N6. The molecule has 0 saturated carbocycles. The Bertz CT molecular complexity index is 2310. The maximum absolute atomic E-state index is 11.3. The molecule has 6 nitrogen and oxygen atoms in total. The minimum Gasteiger partial charge on any atom is -0.310 e. The third-order valence-corrected chi connectivity index (χ3v) is 8.93. The van der Waals surface area contributed by atoms with Crippen molar-refractivity contribution in [2.24, 2.45) is 0 Å². The summed E-state index contributed by atoms with van der Waals surface area (Å²) in [5.41, 5.74) is 12.6. The lowest BCUT2D eigenvalue weighted by atomic mass is 9.76. The van der Waals surface area contributed by atoms with Gasteiger partial charge in [0.1, 0.15) is 6.07 Å². The molecule has 0 aliphatic rings. The molecule has 8 aromatic rings. The van der Waals surface area contributed by atoms with Crippen molar-refractivity contribution in [1.29, 1.82) is 5.26 Å². The minimum absolute atomic E-state index is 0.551. The van der Waals surface area contributed by atoms with Crippen LogP contribution < -0.4 is 4.90 Å². The quantitative estimate of drug-likeness (QED) is 0.162. The number of benzene rings is 4. The smallest absolute Gasteiger partial charge is 0.100 e. The second-order valence-electron chi connectivity index (χ2n) is 11.8. The SMILES string of the molecule is N#Cc1c(-c2ccncc2)c(-c2ccncc2)c(-c2ccccc2N(c2ccccc2)c2ccccc2)c(-c2ccncc2)c1-c1ccncc1. The van der Waals surface area contributed by atoms with Crippen LogP contribution in [0.2, 0.25) is 0 Å². The molecule has 8 rings (SSSR count). The summed E-state index contributed by atoms with van der Waals surface area (Å²) in [7, 11) is 0. The standard InChI is InChI=1S/C45H30N6/c46-31-39-41(32-15-23-47-24-16-32)43(34-19-27-49-28-20-34)45(44(35-21-29-50-30-22-35)42(39)33-17-25-48-26-18-33)38-13-7-8-14-40(38)51(36-9-3-1-4-10-36)37-11-5-2-6-12-37/h1-30H. The number of hydrogen-bond donors (Lipinski definition) is 0. The molecule has 0 spiro atoms. The molecule has 4 aromatic heterocycles. The molecule has 0 aliphatic carbocycles. The van der Waals surface area contributed by atoms with Gasteiger partial charge in [-0.1, -0.05) is 54.6 Å². The summed E-state index contributed by atoms with van der Waals surface area (Å²) in [6.45, 7) is 0. The molecule has 0 amide bonds. The van der Waals surface area contributed by atoms with Gasteiger partial charge in [0.2, 0.25) is 0 Å². The fourth-order valence-corrected chi connectivity index (χ4v) is 6.82. The normalized spacial score (nSPS) is 10.7. The van der Waals surface area contributed by atoms with Gasteiger partial charge in [-0.3, -0.25) is 19.9 Å². The Morgan fingerprint density at radius 1 is 0.373 bits per heavy atom. The lowest BCUT2D eigenvalue weighted by molar-refractivity contribution is 1.28. The van der Waals surface area contributed by atoms with Gasteiger partial charge in [0, 0.05) is 83.2 Å². The van der Waals surface area contributed by atoms with Crippen molar-refractivity contribution in [3.8, 4) is 61.7 Å². The van der Waals surface area contributed by atoms with E-state index in [-0.39, 0.29) is 0 Å². The van der Waals surface area contributed by atoms with Gasteiger partial charge in [0.05, 0.1) is 11.3 Å². The van der Waals surface area contributed by atoms with E-state index in [0.29, 0.717) is 5.56 Å². The monoisotopic (exact) mass is 654 g/mol. The Labute approximate surface area is 296 Å². The zero-order valence-corrected chi connectivity index (χ0v) is 27.5. The highest BCUT2D eigenvalue weighted by Gasteiger charge is 2.30. The molecule has 0 radical (unpaired) electrons. The first kappa shape index (κ1) is 31.1. The van der Waals surface area contributed by atoms with Crippen molar-refractivity contribution < 1.29 is 0 Å². The van der Waals surface area contributed by atoms with Gasteiger partial charge in [0.15, 0.2) is 0 Å². The lowest BCUT2D eigenvalue weighted by Crippen LogP contribution is -2.12. The van der Waals surface area contributed by atoms with Crippen LogP contribution in [0.5, 0.6) is 0 Å². The summed E-state index contributed by atoms with van der Waals surface area (Å²) < 4.78 is 0. The van der Waals surface area contributed by atoms with E-state index in [4.69, 9.17) is 0 Å². The Morgan fingerprint density at radius 3 is 1.12 bits per heavy atom. The molecule has 0 bridgehead atoms. The van der Waals surface area contributed by atoms with Gasteiger partial charge >= 0.3 is 0 Å². The second kappa shape index (κ2) is 14.1. The number of pyridine rings is 4. The van der Waals surface area contributed by atoms with E-state index in [1.54, 1.807) is 49.6 Å². The third kappa shape index (κ3) is 5.90. The fourth-order valence-electron chi connectivity index (χ4n) is 6.82. The van der Waals surface area contributed by atoms with Crippen molar-refractivity contribution in [2.45, 2.75) is 0 Å². The van der Waals surface area contributed by atoms with Crippen LogP contribution in [-0.4, -0.2) is 19.9 Å². The summed E-state index contributed by atoms with van der Waals surface area (Å²) in [6, 6.07) is 47.9. The van der Waals surface area contributed by atoms with Crippen LogP contribution in [0.4, 0.5) is 17.1 Å². The number of aromatic nitrogens is 4. The Balaban J connectivity index is 1.62. The number of rotatable bonds is 8. The maximum atomic E-state index is 11.3. The topological polar surface area (TPSA) is 78.6 Å². The van der Waals surface area contributed by atoms with E-state index in [1.807, 2.05) is 60.7 Å². The second-order valence-corrected chi connectivity index (χ2v) is 11.8. The lowest BCUT2D eigenvalue weighted by Gasteiger charge is -2.31. The van der Waals surface area contributed by atoms with Crippen molar-refractivity contribution in [1.82, 2.24) is 19.9 Å². The average Bonchev–Trinajstić information content (AvgIpc) is 3.22. The Morgan fingerprint density at radius 2 is 0.725 bits per heavy atom. The summed E-state index contributed by atoms with van der Waals surface area (Å²) in [5, 5.41) is 11.3. The fraction of sp³-hybridized carbons (Fsp3) is 0. The summed E-state index contributed by atoms with van der Waals surface area (Å²) >= 11 is 0. The number of nitrogens with zero attached hydrogens (tertiary/aromatic N) is 6. The van der Waals surface area contributed by atoms with Crippen LogP contribution in [-0.2, 0) is 0 Å². The number of para-hydroxylation sites is 3. The molecule has 0 atom stereocenters. The minimum atomic E-state index is 0.551. The number of hydrogen-bond acceptors (Lipinski definition) is 6. The third-order valence-electron chi connectivity index (χ3n) is 8.93. The highest BCUT2D eigenvalue weighted by Crippen LogP contribution is 2.54. The molecule has 4 heterocycles. The molecule has 240 valence electrons. The van der Waals surface area contributed by atoms with Crippen LogP contribution in [0.3, 0.4) is 0 Å². The molecule has 51 heavy (non-hydrogen) atoms. The van der Waals surface area contributed by atoms with Gasteiger partial charge in [-0.15, -0.1) is 0 Å². The molecule has 0 N–H and O–H groups in total. The largest absolute Gasteiger partial charge is 0.310 e. The van der Waals surface area contributed by atoms with Crippen molar-refractivity contribution in [3.05, 3.63) is 189 Å². The Hall–Kier alpha value is -7.23. The zero-order valence-electron chi connectivity index (χ0n) is 27.5. The van der Waals surface area contributed by atoms with Crippen molar-refractivity contribution in [3.63, 3.8) is 0 Å². The van der Waals surface area contributed by atoms with Crippen LogP contribution in [0.15, 0.2) is 183 Å². The van der Waals surface area contributed by atoms with Gasteiger partial charge in [-0.05, 0) is 112 Å². The van der Waals surface area contributed by atoms with Crippen LogP contribution in [0, 0.1) is 11.3 Å². The molecular weight excluding hydrogens is 625 g/mol. The summed E-state index contributed by atoms with van der Waals surface area (Å²) in [4.78, 5) is 19.8. The van der Waals surface area contributed by atoms with E-state index in [0.717, 1.165) is 72.7 Å². The first-order valence-electron chi connectivity index (χ1n) is 16.6. The highest BCUT2D eigenvalue weighted by atomic mass is 15.1. The first-order chi connectivity index (χ1) is 25.3. The summed E-state index contributed by atoms with van der Waals surface area (Å²) in [6.07, 6.45) is 14.3. The van der Waals surface area contributed by atoms with E-state index >= 15 is 0 Å². The van der Waals surface area contributed by atoms with Crippen molar-refractivity contribution >= 4 is 17.1 Å². The van der Waals surface area contributed by atoms with Crippen LogP contribution in [0.1, 0.15) is 5.56 Å². The van der Waals surface area contributed by atoms with Crippen molar-refractivity contribution in [2.75, 3.05) is 4.90 Å². The molecule has 6 heteroatoms. The van der Waals surface area contributed by atoms with Crippen LogP contribution >= 0.6 is 0 Å². The number of nitriles is 1. The Kier molecular flexibility index (Phi) is 8.58. The molecule has 4 aromatic carbocycles. The first-order valence-corrected chi connectivity index (χ1v) is 16.6. The van der Waals surface area contributed by atoms with Gasteiger partial charge in [-0.2, -0.15) is 5.26 Å². The molecule has 0 unspecified atom stereocenters. The maximum Gasteiger partial charge on any atom is 0.100 e. The van der Waals surface area contributed by atoms with E-state index in [2.05, 4.69) is 104 Å². The van der Waals surface area contributed by atoms with E-state index < -0.39 is 0 Å². The highest BCUT2D eigenvalue weighted by molar-refractivity contribution is 6.12. The van der Waals surface area contributed by atoms with Gasteiger partial charge in [-0.25, -0.2) is 0 Å². The van der Waals surface area contributed by atoms with E-state index in [1.165, 1.54) is 0 Å². The molecule has 0 aliphatic heterocycles.